The fourth-order valence-electron chi connectivity index (χ4n) is 2.56. The average molecular weight is 389 g/mol. The maximum absolute atomic E-state index is 12.7. The fourth-order valence-corrected chi connectivity index (χ4v) is 2.67. The summed E-state index contributed by atoms with van der Waals surface area (Å²) in [4.78, 5) is 39.9. The van der Waals surface area contributed by atoms with Gasteiger partial charge < -0.3 is 16.4 Å². The van der Waals surface area contributed by atoms with Crippen molar-refractivity contribution >= 4 is 29.3 Å². The predicted molar refractivity (Wildman–Crippen MR) is 102 cm³/mol. The van der Waals surface area contributed by atoms with Gasteiger partial charge in [-0.25, -0.2) is 4.98 Å². The van der Waals surface area contributed by atoms with Gasteiger partial charge in [0.05, 0.1) is 0 Å². The smallest absolute Gasteiger partial charge is 0.243 e. The van der Waals surface area contributed by atoms with Crippen LogP contribution in [0.2, 0.25) is 5.15 Å². The molecule has 0 aliphatic heterocycles. The van der Waals surface area contributed by atoms with Gasteiger partial charge in [-0.15, -0.1) is 0 Å². The van der Waals surface area contributed by atoms with E-state index in [9.17, 15) is 14.4 Å². The molecular formula is C19H21ClN4O3. The van der Waals surface area contributed by atoms with Crippen LogP contribution in [-0.2, 0) is 27.2 Å². The molecule has 142 valence electrons. The van der Waals surface area contributed by atoms with Crippen molar-refractivity contribution in [3.05, 3.63) is 64.9 Å². The summed E-state index contributed by atoms with van der Waals surface area (Å²) in [5, 5.41) is 5.55. The van der Waals surface area contributed by atoms with Crippen molar-refractivity contribution < 1.29 is 14.4 Å². The second-order valence-corrected chi connectivity index (χ2v) is 6.49. The Morgan fingerprint density at radius 2 is 1.67 bits per heavy atom. The number of nitrogens with two attached hydrogens (primary N) is 1. The molecule has 0 saturated carbocycles. The second kappa shape index (κ2) is 9.68. The third-order valence-corrected chi connectivity index (χ3v) is 4.09. The predicted octanol–water partition coefficient (Wildman–Crippen LogP) is 0.995. The standard InChI is InChI=1S/C19H21ClN4O3/c1-12(25)23-16(9-13-5-3-2-4-6-13)19(27)24-15(18(21)26)10-14-7-8-17(20)22-11-14/h2-8,11,15-16H,9-10H2,1H3,(H2,21,26)(H,23,25)(H,24,27)/t15-,16+/m1/s1. The first-order valence-electron chi connectivity index (χ1n) is 8.36. The lowest BCUT2D eigenvalue weighted by molar-refractivity contribution is -0.130. The van der Waals surface area contributed by atoms with Crippen molar-refractivity contribution in [3.63, 3.8) is 0 Å². The number of hydrogen-bond acceptors (Lipinski definition) is 4. The van der Waals surface area contributed by atoms with Gasteiger partial charge in [0.1, 0.15) is 17.2 Å². The summed E-state index contributed by atoms with van der Waals surface area (Å²) in [5.74, 6) is -1.51. The summed E-state index contributed by atoms with van der Waals surface area (Å²) in [6, 6.07) is 10.8. The molecule has 2 aromatic rings. The van der Waals surface area contributed by atoms with E-state index in [1.807, 2.05) is 30.3 Å². The van der Waals surface area contributed by atoms with E-state index in [1.165, 1.54) is 13.1 Å². The first kappa shape index (κ1) is 20.4. The van der Waals surface area contributed by atoms with Crippen LogP contribution < -0.4 is 16.4 Å². The van der Waals surface area contributed by atoms with Crippen molar-refractivity contribution in [2.45, 2.75) is 31.8 Å². The molecule has 1 aromatic carbocycles. The summed E-state index contributed by atoms with van der Waals surface area (Å²) in [7, 11) is 0. The van der Waals surface area contributed by atoms with Crippen molar-refractivity contribution in [2.24, 2.45) is 5.73 Å². The number of halogens is 1. The van der Waals surface area contributed by atoms with Crippen LogP contribution in [0.4, 0.5) is 0 Å². The number of nitrogens with zero attached hydrogens (tertiary/aromatic N) is 1. The summed E-state index contributed by atoms with van der Waals surface area (Å²) in [5.41, 5.74) is 7.00. The monoisotopic (exact) mass is 388 g/mol. The Bertz CT molecular complexity index is 796. The zero-order valence-electron chi connectivity index (χ0n) is 14.8. The van der Waals surface area contributed by atoms with Gasteiger partial charge in [0.25, 0.3) is 0 Å². The number of carbonyl (C=O) groups excluding carboxylic acids is 3. The third kappa shape index (κ3) is 6.71. The molecule has 1 aromatic heterocycles. The van der Waals surface area contributed by atoms with Gasteiger partial charge in [-0.05, 0) is 17.2 Å². The third-order valence-electron chi connectivity index (χ3n) is 3.87. The van der Waals surface area contributed by atoms with Crippen molar-refractivity contribution in [1.29, 1.82) is 0 Å². The molecular weight excluding hydrogens is 368 g/mol. The molecule has 7 nitrogen and oxygen atoms in total. The van der Waals surface area contributed by atoms with Crippen LogP contribution >= 0.6 is 11.6 Å². The molecule has 0 spiro atoms. The van der Waals surface area contributed by atoms with Gasteiger partial charge in [-0.2, -0.15) is 0 Å². The Hall–Kier alpha value is -2.93. The minimum Gasteiger partial charge on any atom is -0.368 e. The normalized spacial score (nSPS) is 12.7. The summed E-state index contributed by atoms with van der Waals surface area (Å²) in [6.07, 6.45) is 1.98. The number of amides is 3. The molecule has 0 aliphatic carbocycles. The molecule has 0 radical (unpaired) electrons. The lowest BCUT2D eigenvalue weighted by atomic mass is 10.0. The highest BCUT2D eigenvalue weighted by molar-refractivity contribution is 6.29. The first-order chi connectivity index (χ1) is 12.8. The number of aromatic nitrogens is 1. The lowest BCUT2D eigenvalue weighted by Gasteiger charge is -2.21. The van der Waals surface area contributed by atoms with Crippen molar-refractivity contribution in [1.82, 2.24) is 15.6 Å². The summed E-state index contributed by atoms with van der Waals surface area (Å²) in [6.45, 7) is 1.33. The van der Waals surface area contributed by atoms with Gasteiger partial charge >= 0.3 is 0 Å². The van der Waals surface area contributed by atoms with E-state index in [4.69, 9.17) is 17.3 Å². The number of primary amides is 1. The number of benzene rings is 1. The Balaban J connectivity index is 2.10. The Morgan fingerprint density at radius 3 is 2.22 bits per heavy atom. The number of carbonyl (C=O) groups is 3. The molecule has 8 heteroatoms. The molecule has 2 rings (SSSR count). The SMILES string of the molecule is CC(=O)N[C@@H](Cc1ccccc1)C(=O)N[C@H](Cc1ccc(Cl)nc1)C(N)=O. The van der Waals surface area contributed by atoms with Crippen LogP contribution in [0.5, 0.6) is 0 Å². The average Bonchev–Trinajstić information content (AvgIpc) is 2.62. The highest BCUT2D eigenvalue weighted by Crippen LogP contribution is 2.09. The Kier molecular flexibility index (Phi) is 7.31. The molecule has 0 aliphatic rings. The van der Waals surface area contributed by atoms with Crippen LogP contribution in [0, 0.1) is 0 Å². The quantitative estimate of drug-likeness (QED) is 0.585. The van der Waals surface area contributed by atoms with Gasteiger partial charge in [-0.3, -0.25) is 14.4 Å². The van der Waals surface area contributed by atoms with E-state index >= 15 is 0 Å². The topological polar surface area (TPSA) is 114 Å². The number of nitrogens with one attached hydrogen (secondary N) is 2. The van der Waals surface area contributed by atoms with Crippen molar-refractivity contribution in [3.8, 4) is 0 Å². The zero-order valence-corrected chi connectivity index (χ0v) is 15.6. The first-order valence-corrected chi connectivity index (χ1v) is 8.74. The largest absolute Gasteiger partial charge is 0.368 e. The van der Waals surface area contributed by atoms with E-state index in [1.54, 1.807) is 12.1 Å². The minimum atomic E-state index is -0.937. The molecule has 0 unspecified atom stereocenters. The summed E-state index contributed by atoms with van der Waals surface area (Å²) >= 11 is 5.75. The molecule has 27 heavy (non-hydrogen) atoms. The van der Waals surface area contributed by atoms with Crippen LogP contribution in [0.3, 0.4) is 0 Å². The van der Waals surface area contributed by atoms with Crippen LogP contribution in [-0.4, -0.2) is 34.8 Å². The van der Waals surface area contributed by atoms with Crippen LogP contribution in [0.25, 0.3) is 0 Å². The second-order valence-electron chi connectivity index (χ2n) is 6.10. The Morgan fingerprint density at radius 1 is 1.00 bits per heavy atom. The fraction of sp³-hybridized carbons (Fsp3) is 0.263. The van der Waals surface area contributed by atoms with Crippen molar-refractivity contribution in [2.75, 3.05) is 0 Å². The van der Waals surface area contributed by atoms with Gasteiger partial charge in [0.15, 0.2) is 0 Å². The van der Waals surface area contributed by atoms with Crippen LogP contribution in [0.1, 0.15) is 18.1 Å². The van der Waals surface area contributed by atoms with E-state index < -0.39 is 23.9 Å². The highest BCUT2D eigenvalue weighted by Gasteiger charge is 2.25. The highest BCUT2D eigenvalue weighted by atomic mass is 35.5. The van der Waals surface area contributed by atoms with E-state index in [0.717, 1.165) is 5.56 Å². The van der Waals surface area contributed by atoms with E-state index in [0.29, 0.717) is 17.1 Å². The Labute approximate surface area is 162 Å². The maximum Gasteiger partial charge on any atom is 0.243 e. The molecule has 0 bridgehead atoms. The van der Waals surface area contributed by atoms with Gasteiger partial charge in [0, 0.05) is 26.0 Å². The number of rotatable bonds is 8. The maximum atomic E-state index is 12.7. The minimum absolute atomic E-state index is 0.170. The zero-order chi connectivity index (χ0) is 19.8. The lowest BCUT2D eigenvalue weighted by Crippen LogP contribution is -2.54. The number of hydrogen-bond donors (Lipinski definition) is 3. The molecule has 0 saturated heterocycles. The van der Waals surface area contributed by atoms with E-state index in [-0.39, 0.29) is 12.3 Å². The number of pyridine rings is 1. The molecule has 2 atom stereocenters. The molecule has 4 N–H and O–H groups in total. The molecule has 1 heterocycles. The molecule has 0 fully saturated rings. The van der Waals surface area contributed by atoms with Gasteiger partial charge in [0.2, 0.25) is 17.7 Å². The van der Waals surface area contributed by atoms with Crippen LogP contribution in [0.15, 0.2) is 48.7 Å². The summed E-state index contributed by atoms with van der Waals surface area (Å²) < 4.78 is 0. The van der Waals surface area contributed by atoms with E-state index in [2.05, 4.69) is 15.6 Å². The molecule has 3 amide bonds. The van der Waals surface area contributed by atoms with Gasteiger partial charge in [-0.1, -0.05) is 48.0 Å².